The summed E-state index contributed by atoms with van der Waals surface area (Å²) in [7, 11) is 0. The molecule has 0 fully saturated rings. The van der Waals surface area contributed by atoms with Gasteiger partial charge in [-0.15, -0.1) is 0 Å². The Bertz CT molecular complexity index is 532. The van der Waals surface area contributed by atoms with Gasteiger partial charge < -0.3 is 9.84 Å². The van der Waals surface area contributed by atoms with Gasteiger partial charge in [-0.05, 0) is 30.2 Å². The topological polar surface area (TPSA) is 29.5 Å². The fourth-order valence-corrected chi connectivity index (χ4v) is 1.82. The minimum absolute atomic E-state index is 0.532. The lowest BCUT2D eigenvalue weighted by Gasteiger charge is -2.10. The van der Waals surface area contributed by atoms with E-state index in [1.807, 2.05) is 67.6 Å². The van der Waals surface area contributed by atoms with E-state index >= 15 is 0 Å². The lowest BCUT2D eigenvalue weighted by Crippen LogP contribution is -1.97. The van der Waals surface area contributed by atoms with Crippen LogP contribution in [-0.2, 0) is 6.61 Å². The van der Waals surface area contributed by atoms with Crippen LogP contribution < -0.4 is 4.74 Å². The second-order valence-electron chi connectivity index (χ2n) is 4.32. The van der Waals surface area contributed by atoms with E-state index in [0.717, 1.165) is 16.9 Å². The Morgan fingerprint density at radius 3 is 2.63 bits per heavy atom. The van der Waals surface area contributed by atoms with Crippen molar-refractivity contribution in [2.24, 2.45) is 0 Å². The van der Waals surface area contributed by atoms with Crippen LogP contribution in [0.25, 0.3) is 0 Å². The Morgan fingerprint density at radius 1 is 1.11 bits per heavy atom. The predicted molar refractivity (Wildman–Crippen MR) is 77.0 cm³/mol. The first-order valence-electron chi connectivity index (χ1n) is 6.37. The van der Waals surface area contributed by atoms with E-state index in [1.54, 1.807) is 6.08 Å². The second kappa shape index (κ2) is 6.76. The second-order valence-corrected chi connectivity index (χ2v) is 4.32. The number of hydrogen-bond acceptors (Lipinski definition) is 2. The highest BCUT2D eigenvalue weighted by Crippen LogP contribution is 2.21. The Kier molecular flexibility index (Phi) is 4.76. The minimum Gasteiger partial charge on any atom is -0.489 e. The van der Waals surface area contributed by atoms with E-state index in [4.69, 9.17) is 4.74 Å². The van der Waals surface area contributed by atoms with Crippen LogP contribution in [0.3, 0.4) is 0 Å². The summed E-state index contributed by atoms with van der Waals surface area (Å²) >= 11 is 0. The Balaban J connectivity index is 2.03. The van der Waals surface area contributed by atoms with Crippen LogP contribution in [0.15, 0.2) is 66.7 Å². The van der Waals surface area contributed by atoms with Gasteiger partial charge in [-0.1, -0.05) is 54.6 Å². The van der Waals surface area contributed by atoms with Crippen LogP contribution >= 0.6 is 0 Å². The van der Waals surface area contributed by atoms with Crippen molar-refractivity contribution < 1.29 is 9.84 Å². The third-order valence-corrected chi connectivity index (χ3v) is 2.82. The number of ether oxygens (including phenoxy) is 1. The molecule has 2 heteroatoms. The molecule has 1 N–H and O–H groups in total. The minimum atomic E-state index is -0.578. The molecule has 0 aliphatic rings. The van der Waals surface area contributed by atoms with Crippen LogP contribution in [0.1, 0.15) is 24.2 Å². The Labute approximate surface area is 114 Å². The molecule has 2 nitrogen and oxygen atoms in total. The van der Waals surface area contributed by atoms with Crippen LogP contribution in [0.4, 0.5) is 0 Å². The van der Waals surface area contributed by atoms with Gasteiger partial charge in [-0.25, -0.2) is 0 Å². The Hall–Kier alpha value is -2.06. The number of benzene rings is 2. The van der Waals surface area contributed by atoms with Crippen molar-refractivity contribution in [1.29, 1.82) is 0 Å². The highest BCUT2D eigenvalue weighted by Gasteiger charge is 2.04. The van der Waals surface area contributed by atoms with Crippen molar-refractivity contribution in [2.75, 3.05) is 0 Å². The van der Waals surface area contributed by atoms with E-state index in [0.29, 0.717) is 6.61 Å². The highest BCUT2D eigenvalue weighted by molar-refractivity contribution is 5.31. The lowest BCUT2D eigenvalue weighted by atomic mass is 10.1. The van der Waals surface area contributed by atoms with Gasteiger partial charge in [0.15, 0.2) is 0 Å². The molecule has 0 aliphatic carbocycles. The SMILES string of the molecule is C/C=C/C(O)c1cccc(OCc2ccccc2)c1. The highest BCUT2D eigenvalue weighted by atomic mass is 16.5. The summed E-state index contributed by atoms with van der Waals surface area (Å²) in [6, 6.07) is 17.6. The number of rotatable bonds is 5. The van der Waals surface area contributed by atoms with Crippen molar-refractivity contribution in [1.82, 2.24) is 0 Å². The maximum absolute atomic E-state index is 9.89. The van der Waals surface area contributed by atoms with Crippen molar-refractivity contribution in [3.05, 3.63) is 77.9 Å². The standard InChI is InChI=1S/C17H18O2/c1-2-7-17(18)15-10-6-11-16(12-15)19-13-14-8-4-3-5-9-14/h2-12,17-18H,13H2,1H3/b7-2+. The van der Waals surface area contributed by atoms with Gasteiger partial charge in [0, 0.05) is 0 Å². The lowest BCUT2D eigenvalue weighted by molar-refractivity contribution is 0.227. The zero-order chi connectivity index (χ0) is 13.5. The molecule has 19 heavy (non-hydrogen) atoms. The van der Waals surface area contributed by atoms with E-state index in [2.05, 4.69) is 0 Å². The first kappa shape index (κ1) is 13.4. The molecule has 0 aromatic heterocycles. The first-order valence-corrected chi connectivity index (χ1v) is 6.37. The molecular formula is C17H18O2. The monoisotopic (exact) mass is 254 g/mol. The fourth-order valence-electron chi connectivity index (χ4n) is 1.82. The van der Waals surface area contributed by atoms with Crippen LogP contribution in [0.2, 0.25) is 0 Å². The normalized spacial score (nSPS) is 12.5. The quantitative estimate of drug-likeness (QED) is 0.821. The van der Waals surface area contributed by atoms with Gasteiger partial charge in [-0.3, -0.25) is 0 Å². The molecule has 0 aliphatic heterocycles. The van der Waals surface area contributed by atoms with E-state index in [-0.39, 0.29) is 0 Å². The van der Waals surface area contributed by atoms with E-state index < -0.39 is 6.10 Å². The molecule has 2 aromatic carbocycles. The maximum atomic E-state index is 9.89. The molecule has 0 heterocycles. The molecular weight excluding hydrogens is 236 g/mol. The number of hydrogen-bond donors (Lipinski definition) is 1. The molecule has 0 spiro atoms. The molecule has 2 rings (SSSR count). The summed E-state index contributed by atoms with van der Waals surface area (Å²) in [6.07, 6.45) is 3.00. The third kappa shape index (κ3) is 3.97. The fraction of sp³-hybridized carbons (Fsp3) is 0.176. The van der Waals surface area contributed by atoms with Gasteiger partial charge in [0.25, 0.3) is 0 Å². The smallest absolute Gasteiger partial charge is 0.120 e. The summed E-state index contributed by atoms with van der Waals surface area (Å²) < 4.78 is 5.73. The summed E-state index contributed by atoms with van der Waals surface area (Å²) in [5.74, 6) is 0.768. The summed E-state index contributed by atoms with van der Waals surface area (Å²) in [5.41, 5.74) is 1.96. The zero-order valence-electron chi connectivity index (χ0n) is 11.0. The van der Waals surface area contributed by atoms with Crippen LogP contribution in [0, 0.1) is 0 Å². The largest absolute Gasteiger partial charge is 0.489 e. The molecule has 0 bridgehead atoms. The average Bonchev–Trinajstić information content (AvgIpc) is 2.47. The number of aliphatic hydroxyl groups excluding tert-OH is 1. The summed E-state index contributed by atoms with van der Waals surface area (Å²) in [4.78, 5) is 0. The van der Waals surface area contributed by atoms with Gasteiger partial charge in [0.05, 0.1) is 6.10 Å². The molecule has 0 amide bonds. The van der Waals surface area contributed by atoms with E-state index in [1.165, 1.54) is 0 Å². The van der Waals surface area contributed by atoms with Crippen LogP contribution in [-0.4, -0.2) is 5.11 Å². The number of allylic oxidation sites excluding steroid dienone is 1. The maximum Gasteiger partial charge on any atom is 0.120 e. The predicted octanol–water partition coefficient (Wildman–Crippen LogP) is 3.88. The average molecular weight is 254 g/mol. The first-order chi connectivity index (χ1) is 9.29. The van der Waals surface area contributed by atoms with Gasteiger partial charge >= 0.3 is 0 Å². The van der Waals surface area contributed by atoms with Gasteiger partial charge in [0.1, 0.15) is 12.4 Å². The van der Waals surface area contributed by atoms with E-state index in [9.17, 15) is 5.11 Å². The number of aliphatic hydroxyl groups is 1. The van der Waals surface area contributed by atoms with Crippen LogP contribution in [0.5, 0.6) is 5.75 Å². The van der Waals surface area contributed by atoms with Crippen molar-refractivity contribution in [2.45, 2.75) is 19.6 Å². The van der Waals surface area contributed by atoms with Crippen molar-refractivity contribution >= 4 is 0 Å². The molecule has 1 atom stereocenters. The molecule has 0 saturated carbocycles. The molecule has 0 saturated heterocycles. The summed E-state index contributed by atoms with van der Waals surface area (Å²) in [6.45, 7) is 2.42. The Morgan fingerprint density at radius 2 is 1.89 bits per heavy atom. The van der Waals surface area contributed by atoms with Gasteiger partial charge in [-0.2, -0.15) is 0 Å². The zero-order valence-corrected chi connectivity index (χ0v) is 11.0. The molecule has 1 unspecified atom stereocenters. The van der Waals surface area contributed by atoms with Crippen molar-refractivity contribution in [3.63, 3.8) is 0 Å². The van der Waals surface area contributed by atoms with Crippen molar-refractivity contribution in [3.8, 4) is 5.75 Å². The molecule has 2 aromatic rings. The molecule has 0 radical (unpaired) electrons. The molecule has 98 valence electrons. The van der Waals surface area contributed by atoms with Gasteiger partial charge in [0.2, 0.25) is 0 Å². The summed E-state index contributed by atoms with van der Waals surface area (Å²) in [5, 5.41) is 9.89. The third-order valence-electron chi connectivity index (χ3n) is 2.82.